The van der Waals surface area contributed by atoms with Crippen molar-refractivity contribution in [3.05, 3.63) is 0 Å². The topological polar surface area (TPSA) is 110 Å². The van der Waals surface area contributed by atoms with Crippen molar-refractivity contribution in [2.75, 3.05) is 12.9 Å². The van der Waals surface area contributed by atoms with E-state index in [-0.39, 0.29) is 18.6 Å². The maximum Gasteiger partial charge on any atom is 0.308 e. The van der Waals surface area contributed by atoms with Crippen molar-refractivity contribution in [2.45, 2.75) is 51.0 Å². The molecule has 0 radical (unpaired) electrons. The molecule has 1 saturated carbocycles. The molecule has 0 aromatic rings. The van der Waals surface area contributed by atoms with Crippen molar-refractivity contribution >= 4 is 22.0 Å². The second-order valence-electron chi connectivity index (χ2n) is 5.31. The summed E-state index contributed by atoms with van der Waals surface area (Å²) < 4.78 is 30.9. The molecule has 0 aromatic carbocycles. The maximum absolute atomic E-state index is 12.0. The van der Waals surface area contributed by atoms with Crippen LogP contribution in [0.2, 0.25) is 0 Å². The van der Waals surface area contributed by atoms with Crippen LogP contribution >= 0.6 is 0 Å². The van der Waals surface area contributed by atoms with Crippen molar-refractivity contribution in [2.24, 2.45) is 5.92 Å². The van der Waals surface area contributed by atoms with Gasteiger partial charge in [0.15, 0.2) is 0 Å². The lowest BCUT2D eigenvalue weighted by atomic mass is 9.96. The summed E-state index contributed by atoms with van der Waals surface area (Å²) in [5, 5.41) is 9.22. The zero-order valence-corrected chi connectivity index (χ0v) is 13.0. The number of carbonyl (C=O) groups is 2. The number of sulfonamides is 1. The first kappa shape index (κ1) is 17.9. The van der Waals surface area contributed by atoms with Gasteiger partial charge in [0.1, 0.15) is 0 Å². The van der Waals surface area contributed by atoms with E-state index in [9.17, 15) is 23.1 Å². The van der Waals surface area contributed by atoms with Crippen LogP contribution < -0.4 is 4.72 Å². The smallest absolute Gasteiger partial charge is 0.308 e. The van der Waals surface area contributed by atoms with E-state index in [4.69, 9.17) is 0 Å². The Kier molecular flexibility index (Phi) is 7.10. The van der Waals surface area contributed by atoms with Crippen molar-refractivity contribution in [3.63, 3.8) is 0 Å². The number of carbonyl (C=O) groups excluding carboxylic acids is 1. The molecule has 7 nitrogen and oxygen atoms in total. The predicted octanol–water partition coefficient (Wildman–Crippen LogP) is 0.892. The summed E-state index contributed by atoms with van der Waals surface area (Å²) in [5.74, 6) is -2.30. The van der Waals surface area contributed by atoms with Crippen LogP contribution in [0.5, 0.6) is 0 Å². The van der Waals surface area contributed by atoms with E-state index < -0.39 is 33.9 Å². The number of hydrogen-bond acceptors (Lipinski definition) is 5. The van der Waals surface area contributed by atoms with Crippen LogP contribution in [-0.4, -0.2) is 44.4 Å². The highest BCUT2D eigenvalue weighted by Gasteiger charge is 2.32. The maximum atomic E-state index is 12.0. The third-order valence-corrected chi connectivity index (χ3v) is 5.17. The molecule has 21 heavy (non-hydrogen) atoms. The summed E-state index contributed by atoms with van der Waals surface area (Å²) in [5.41, 5.74) is 0. The van der Waals surface area contributed by atoms with Crippen LogP contribution in [0.3, 0.4) is 0 Å². The largest absolute Gasteiger partial charge is 0.481 e. The molecule has 0 aliphatic heterocycles. The minimum atomic E-state index is -3.59. The molecule has 0 saturated heterocycles. The van der Waals surface area contributed by atoms with Crippen LogP contribution in [0.4, 0.5) is 0 Å². The summed E-state index contributed by atoms with van der Waals surface area (Å²) in [6, 6.07) is -0.562. The summed E-state index contributed by atoms with van der Waals surface area (Å²) >= 11 is 0. The first-order valence-corrected chi connectivity index (χ1v) is 8.80. The van der Waals surface area contributed by atoms with Crippen LogP contribution in [0.1, 0.15) is 44.9 Å². The van der Waals surface area contributed by atoms with Gasteiger partial charge in [-0.15, -0.1) is 0 Å². The summed E-state index contributed by atoms with van der Waals surface area (Å²) in [4.78, 5) is 22.2. The predicted molar refractivity (Wildman–Crippen MR) is 76.2 cm³/mol. The zero-order chi connectivity index (χ0) is 15.9. The highest BCUT2D eigenvalue weighted by atomic mass is 32.2. The van der Waals surface area contributed by atoms with Gasteiger partial charge < -0.3 is 9.84 Å². The van der Waals surface area contributed by atoms with E-state index in [1.807, 2.05) is 0 Å². The normalized spacial score (nSPS) is 23.3. The van der Waals surface area contributed by atoms with Crippen molar-refractivity contribution in [1.29, 1.82) is 0 Å². The molecule has 0 aromatic heterocycles. The number of esters is 1. The van der Waals surface area contributed by atoms with Gasteiger partial charge in [0, 0.05) is 12.5 Å². The minimum Gasteiger partial charge on any atom is -0.481 e. The Balaban J connectivity index is 2.58. The third kappa shape index (κ3) is 6.43. The third-order valence-electron chi connectivity index (χ3n) is 3.69. The number of ether oxygens (including phenoxy) is 1. The fourth-order valence-corrected chi connectivity index (χ4v) is 3.93. The monoisotopic (exact) mass is 321 g/mol. The average molecular weight is 321 g/mol. The van der Waals surface area contributed by atoms with Crippen molar-refractivity contribution in [1.82, 2.24) is 4.72 Å². The number of carboxylic acids is 1. The molecule has 2 atom stereocenters. The molecule has 0 heterocycles. The summed E-state index contributed by atoms with van der Waals surface area (Å²) in [6.45, 7) is 0. The zero-order valence-electron chi connectivity index (χ0n) is 12.2. The van der Waals surface area contributed by atoms with Gasteiger partial charge in [-0.25, -0.2) is 13.1 Å². The Morgan fingerprint density at radius 1 is 1.24 bits per heavy atom. The van der Waals surface area contributed by atoms with Gasteiger partial charge >= 0.3 is 11.9 Å². The molecular formula is C13H23NO6S. The quantitative estimate of drug-likeness (QED) is 0.532. The summed E-state index contributed by atoms with van der Waals surface area (Å²) in [7, 11) is -2.34. The Morgan fingerprint density at radius 3 is 2.52 bits per heavy atom. The van der Waals surface area contributed by atoms with Gasteiger partial charge in [-0.05, 0) is 19.3 Å². The van der Waals surface area contributed by atoms with Gasteiger partial charge in [0.25, 0.3) is 0 Å². The molecule has 0 bridgehead atoms. The van der Waals surface area contributed by atoms with Gasteiger partial charge in [-0.2, -0.15) is 0 Å². The number of carboxylic acid groups (broad SMARTS) is 1. The molecular weight excluding hydrogens is 298 g/mol. The first-order valence-electron chi connectivity index (χ1n) is 7.15. The molecule has 8 heteroatoms. The second kappa shape index (κ2) is 8.33. The number of hydrogen-bond donors (Lipinski definition) is 2. The molecule has 1 aliphatic rings. The molecule has 2 N–H and O–H groups in total. The molecule has 0 amide bonds. The van der Waals surface area contributed by atoms with E-state index in [0.29, 0.717) is 12.8 Å². The Bertz CT molecular complexity index is 461. The summed E-state index contributed by atoms with van der Waals surface area (Å²) in [6.07, 6.45) is 3.76. The van der Waals surface area contributed by atoms with Crippen molar-refractivity contribution in [3.8, 4) is 0 Å². The van der Waals surface area contributed by atoms with E-state index in [2.05, 4.69) is 9.46 Å². The van der Waals surface area contributed by atoms with Crippen LogP contribution in [-0.2, 0) is 24.3 Å². The van der Waals surface area contributed by atoms with Crippen LogP contribution in [0, 0.1) is 5.92 Å². The minimum absolute atomic E-state index is 0.0322. The van der Waals surface area contributed by atoms with Gasteiger partial charge in [0.2, 0.25) is 10.0 Å². The average Bonchev–Trinajstić information content (AvgIpc) is 2.63. The number of methoxy groups -OCH3 is 1. The van der Waals surface area contributed by atoms with E-state index in [1.165, 1.54) is 7.11 Å². The van der Waals surface area contributed by atoms with Crippen LogP contribution in [0.25, 0.3) is 0 Å². The molecule has 1 fully saturated rings. The molecule has 1 rings (SSSR count). The SMILES string of the molecule is COC(=O)CCCS(=O)(=O)NC1CCCCCC1C(=O)O. The molecule has 1 aliphatic carbocycles. The van der Waals surface area contributed by atoms with Gasteiger partial charge in [0.05, 0.1) is 18.8 Å². The highest BCUT2D eigenvalue weighted by molar-refractivity contribution is 7.89. The Morgan fingerprint density at radius 2 is 1.90 bits per heavy atom. The van der Waals surface area contributed by atoms with E-state index in [0.717, 1.165) is 19.3 Å². The molecule has 2 unspecified atom stereocenters. The van der Waals surface area contributed by atoms with Crippen molar-refractivity contribution < 1.29 is 27.9 Å². The van der Waals surface area contributed by atoms with Crippen LogP contribution in [0.15, 0.2) is 0 Å². The molecule has 122 valence electrons. The number of nitrogens with one attached hydrogen (secondary N) is 1. The Hall–Kier alpha value is -1.15. The fourth-order valence-electron chi connectivity index (χ4n) is 2.54. The fraction of sp³-hybridized carbons (Fsp3) is 0.846. The second-order valence-corrected chi connectivity index (χ2v) is 7.18. The van der Waals surface area contributed by atoms with E-state index in [1.54, 1.807) is 0 Å². The lowest BCUT2D eigenvalue weighted by Gasteiger charge is -2.22. The van der Waals surface area contributed by atoms with Gasteiger partial charge in [-0.1, -0.05) is 19.3 Å². The highest BCUT2D eigenvalue weighted by Crippen LogP contribution is 2.24. The number of rotatable bonds is 7. The van der Waals surface area contributed by atoms with E-state index >= 15 is 0 Å². The molecule has 0 spiro atoms. The number of aliphatic carboxylic acids is 1. The lowest BCUT2D eigenvalue weighted by Crippen LogP contribution is -2.43. The lowest BCUT2D eigenvalue weighted by molar-refractivity contribution is -0.143. The standard InChI is InChI=1S/C13H23NO6S/c1-20-12(15)8-5-9-21(18,19)14-11-7-4-2-3-6-10(11)13(16)17/h10-11,14H,2-9H2,1H3,(H,16,17). The Labute approximate surface area is 125 Å². The van der Waals surface area contributed by atoms with Gasteiger partial charge in [-0.3, -0.25) is 9.59 Å². The first-order chi connectivity index (χ1) is 9.85.